The standard InChI is InChI=1S/C34H62N4O19S2/c1-19(41)37-25-21(35)15-33(31(47)48,56-29(25)27(45)23(43)17-39)58-13-11-54-9-7-52-5-3-51-4-6-53-8-10-55-12-14-59-34(32(49)50)16-22(36)26(38-20(2)42)30(57-34)28(46)24(44)18-40/h21-30,39-40,43-46H,3-18,35-36H2,1-2H3,(H,37,41)(H,38,42)(H,47,48)(H,49,50)/t21-,22-,23+,24+,25+,26+,27+,28+,29+,30+,33?,34?/m0/s1. The molecule has 2 heterocycles. The summed E-state index contributed by atoms with van der Waals surface area (Å²) in [6.07, 6.45) is -10.1. The lowest BCUT2D eigenvalue weighted by molar-refractivity contribution is -0.192. The number of aliphatic hydroxyl groups excluding tert-OH is 6. The average molecular weight is 895 g/mol. The first kappa shape index (κ1) is 53.1. The molecule has 2 amide bonds. The van der Waals surface area contributed by atoms with E-state index < -0.39 is 108 Å². The Labute approximate surface area is 350 Å². The van der Waals surface area contributed by atoms with E-state index in [1.807, 2.05) is 0 Å². The smallest absolute Gasteiger partial charge is 0.346 e. The summed E-state index contributed by atoms with van der Waals surface area (Å²) < 4.78 is 39.0. The predicted octanol–water partition coefficient (Wildman–Crippen LogP) is -5.23. The van der Waals surface area contributed by atoms with E-state index in [0.29, 0.717) is 0 Å². The van der Waals surface area contributed by atoms with Crippen molar-refractivity contribution < 1.29 is 93.2 Å². The van der Waals surface area contributed by atoms with Gasteiger partial charge in [-0.2, -0.15) is 0 Å². The first-order chi connectivity index (χ1) is 27.9. The predicted molar refractivity (Wildman–Crippen MR) is 208 cm³/mol. The minimum atomic E-state index is -1.91. The number of carbonyl (C=O) groups is 4. The van der Waals surface area contributed by atoms with E-state index in [9.17, 15) is 60.0 Å². The van der Waals surface area contributed by atoms with Crippen molar-refractivity contribution in [3.8, 4) is 0 Å². The molecule has 2 aliphatic heterocycles. The maximum atomic E-state index is 12.3. The molecule has 2 aliphatic rings. The topological polar surface area (TPSA) is 371 Å². The van der Waals surface area contributed by atoms with Crippen molar-refractivity contribution in [2.24, 2.45) is 11.5 Å². The van der Waals surface area contributed by atoms with Crippen molar-refractivity contribution >= 4 is 47.3 Å². The van der Waals surface area contributed by atoms with Crippen LogP contribution in [0.2, 0.25) is 0 Å². The fourth-order valence-corrected chi connectivity index (χ4v) is 8.50. The molecule has 0 aliphatic carbocycles. The molecule has 0 saturated carbocycles. The fraction of sp³-hybridized carbons (Fsp3) is 0.882. The molecule has 0 bridgehead atoms. The van der Waals surface area contributed by atoms with Crippen LogP contribution in [-0.2, 0) is 52.3 Å². The average Bonchev–Trinajstić information content (AvgIpc) is 3.18. The number of carboxylic acids is 2. The molecule has 344 valence electrons. The second-order valence-electron chi connectivity index (χ2n) is 13.7. The third-order valence-electron chi connectivity index (χ3n) is 9.13. The van der Waals surface area contributed by atoms with Gasteiger partial charge in [0.2, 0.25) is 21.7 Å². The molecule has 2 unspecified atom stereocenters. The number of thioether (sulfide) groups is 2. The van der Waals surface area contributed by atoms with E-state index >= 15 is 0 Å². The summed E-state index contributed by atoms with van der Waals surface area (Å²) in [6.45, 7) is 2.99. The Morgan fingerprint density at radius 3 is 1.15 bits per heavy atom. The molecule has 0 aromatic heterocycles. The molecule has 25 heteroatoms. The number of aliphatic carboxylic acids is 2. The summed E-state index contributed by atoms with van der Waals surface area (Å²) in [4.78, 5) is 44.2. The molecule has 14 N–H and O–H groups in total. The van der Waals surface area contributed by atoms with Crippen LogP contribution in [0.3, 0.4) is 0 Å². The fourth-order valence-electron chi connectivity index (χ4n) is 6.21. The molecule has 59 heavy (non-hydrogen) atoms. The van der Waals surface area contributed by atoms with Crippen molar-refractivity contribution in [1.82, 2.24) is 10.6 Å². The maximum absolute atomic E-state index is 12.3. The highest BCUT2D eigenvalue weighted by Crippen LogP contribution is 2.41. The largest absolute Gasteiger partial charge is 0.478 e. The molecule has 23 nitrogen and oxygen atoms in total. The molecule has 0 spiro atoms. The molecule has 12 atom stereocenters. The normalized spacial score (nSPS) is 29.3. The van der Waals surface area contributed by atoms with Gasteiger partial charge in [0.05, 0.1) is 91.4 Å². The van der Waals surface area contributed by atoms with E-state index in [4.69, 9.17) is 44.6 Å². The lowest BCUT2D eigenvalue weighted by Gasteiger charge is -2.47. The number of rotatable bonds is 30. The Hall–Kier alpha value is -2.02. The van der Waals surface area contributed by atoms with Gasteiger partial charge < -0.3 is 96.1 Å². The second-order valence-corrected chi connectivity index (χ2v) is 16.4. The van der Waals surface area contributed by atoms with E-state index in [0.717, 1.165) is 23.5 Å². The summed E-state index contributed by atoms with van der Waals surface area (Å²) in [6, 6.07) is -3.95. The molecular weight excluding hydrogens is 833 g/mol. The van der Waals surface area contributed by atoms with E-state index in [2.05, 4.69) is 10.6 Å². The first-order valence-electron chi connectivity index (χ1n) is 18.9. The van der Waals surface area contributed by atoms with E-state index in [1.165, 1.54) is 13.8 Å². The van der Waals surface area contributed by atoms with E-state index in [-0.39, 0.29) is 90.4 Å². The number of hydrogen-bond donors (Lipinski definition) is 12. The Morgan fingerprint density at radius 1 is 0.610 bits per heavy atom. The third kappa shape index (κ3) is 17.0. The highest BCUT2D eigenvalue weighted by molar-refractivity contribution is 8.01. The highest BCUT2D eigenvalue weighted by atomic mass is 32.2. The van der Waals surface area contributed by atoms with Crippen LogP contribution in [-0.4, -0.2) is 226 Å². The minimum absolute atomic E-state index is 0.122. The number of hydrogen-bond acceptors (Lipinski definition) is 21. The van der Waals surface area contributed by atoms with Crippen molar-refractivity contribution in [3.63, 3.8) is 0 Å². The van der Waals surface area contributed by atoms with Crippen LogP contribution in [0.15, 0.2) is 0 Å². The maximum Gasteiger partial charge on any atom is 0.346 e. The van der Waals surface area contributed by atoms with Crippen LogP contribution in [0, 0.1) is 0 Å². The zero-order valence-electron chi connectivity index (χ0n) is 33.1. The van der Waals surface area contributed by atoms with Crippen LogP contribution in [0.25, 0.3) is 0 Å². The molecule has 0 aromatic carbocycles. The summed E-state index contributed by atoms with van der Waals surface area (Å²) in [7, 11) is 0. The highest BCUT2D eigenvalue weighted by Gasteiger charge is 2.55. The number of nitrogens with one attached hydrogen (secondary N) is 2. The molecule has 2 saturated heterocycles. The van der Waals surface area contributed by atoms with Gasteiger partial charge in [0, 0.05) is 50.3 Å². The first-order valence-corrected chi connectivity index (χ1v) is 20.9. The SMILES string of the molecule is CC(=O)N[C@H]1[C@H]([C@H](O)[C@H](O)CO)OC(SCCOCCOCCOCCOCCOCCSC2(C(=O)O)C[C@H](N)[C@@H](NC(C)=O)[C@H]([C@H](O)[C@H](O)CO)O2)(C(=O)O)C[C@@H]1N. The van der Waals surface area contributed by atoms with Crippen LogP contribution < -0.4 is 22.1 Å². The number of aliphatic hydroxyl groups is 6. The summed E-state index contributed by atoms with van der Waals surface area (Å²) in [5.74, 6) is -3.42. The number of carboxylic acid groups (broad SMARTS) is 2. The molecule has 0 aromatic rings. The molecule has 2 fully saturated rings. The summed E-state index contributed by atoms with van der Waals surface area (Å²) in [5.41, 5.74) is 12.4. The van der Waals surface area contributed by atoms with Gasteiger partial charge >= 0.3 is 11.9 Å². The van der Waals surface area contributed by atoms with Gasteiger partial charge in [-0.15, -0.1) is 23.5 Å². The van der Waals surface area contributed by atoms with Gasteiger partial charge in [-0.1, -0.05) is 0 Å². The number of amides is 2. The van der Waals surface area contributed by atoms with Gasteiger partial charge in [0.15, 0.2) is 0 Å². The van der Waals surface area contributed by atoms with E-state index in [1.54, 1.807) is 0 Å². The Bertz CT molecular complexity index is 1190. The monoisotopic (exact) mass is 894 g/mol. The Kier molecular flexibility index (Phi) is 24.4. The van der Waals surface area contributed by atoms with Gasteiger partial charge in [-0.25, -0.2) is 9.59 Å². The van der Waals surface area contributed by atoms with Gasteiger partial charge in [-0.3, -0.25) is 9.59 Å². The zero-order valence-corrected chi connectivity index (χ0v) is 34.8. The number of ether oxygens (including phenoxy) is 7. The van der Waals surface area contributed by atoms with Crippen molar-refractivity contribution in [2.45, 2.75) is 97.3 Å². The van der Waals surface area contributed by atoms with Crippen LogP contribution in [0.1, 0.15) is 26.7 Å². The number of carbonyl (C=O) groups excluding carboxylic acids is 2. The van der Waals surface area contributed by atoms with Gasteiger partial charge in [0.25, 0.3) is 0 Å². The lowest BCUT2D eigenvalue weighted by Crippen LogP contribution is -2.68. The Balaban J connectivity index is 1.58. The quantitative estimate of drug-likeness (QED) is 0.0300. The van der Waals surface area contributed by atoms with Crippen molar-refractivity contribution in [3.05, 3.63) is 0 Å². The number of nitrogens with two attached hydrogens (primary N) is 2. The van der Waals surface area contributed by atoms with Crippen LogP contribution >= 0.6 is 23.5 Å². The molecule has 0 radical (unpaired) electrons. The second kappa shape index (κ2) is 27.1. The summed E-state index contributed by atoms with van der Waals surface area (Å²) >= 11 is 1.76. The summed E-state index contributed by atoms with van der Waals surface area (Å²) in [5, 5.41) is 84.8. The third-order valence-corrected chi connectivity index (χ3v) is 11.7. The zero-order chi connectivity index (χ0) is 44.2. The minimum Gasteiger partial charge on any atom is -0.478 e. The van der Waals surface area contributed by atoms with Crippen molar-refractivity contribution in [1.29, 1.82) is 0 Å². The van der Waals surface area contributed by atoms with Crippen molar-refractivity contribution in [2.75, 3.05) is 90.8 Å². The van der Waals surface area contributed by atoms with Gasteiger partial charge in [-0.05, 0) is 0 Å². The molecular formula is C34H62N4O19S2. The van der Waals surface area contributed by atoms with Crippen LogP contribution in [0.5, 0.6) is 0 Å². The van der Waals surface area contributed by atoms with Gasteiger partial charge in [0.1, 0.15) is 36.6 Å². The lowest BCUT2D eigenvalue weighted by atomic mass is 9.88. The molecule has 2 rings (SSSR count). The Morgan fingerprint density at radius 2 is 0.898 bits per heavy atom. The van der Waals surface area contributed by atoms with Crippen LogP contribution in [0.4, 0.5) is 0 Å².